The normalized spacial score (nSPS) is 12.1. The second kappa shape index (κ2) is 11.5. The molecule has 0 spiro atoms. The molecule has 0 N–H and O–H groups in total. The number of allylic oxidation sites excluding steroid dienone is 1. The molecule has 1 aliphatic rings. The van der Waals surface area contributed by atoms with Gasteiger partial charge in [-0.1, -0.05) is 91.0 Å². The smallest absolute Gasteiger partial charge is 0.101 e. The Morgan fingerprint density at radius 3 is 2.10 bits per heavy atom. The maximum atomic E-state index is 10.4. The van der Waals surface area contributed by atoms with Crippen molar-refractivity contribution in [1.29, 1.82) is 15.8 Å². The molecule has 0 atom stereocenters. The summed E-state index contributed by atoms with van der Waals surface area (Å²) in [6.07, 6.45) is 6.30. The van der Waals surface area contributed by atoms with Gasteiger partial charge in [-0.3, -0.25) is 0 Å². The van der Waals surface area contributed by atoms with Crippen LogP contribution in [0.2, 0.25) is 0 Å². The largest absolute Gasteiger partial charge is 0.312 e. The molecule has 0 saturated heterocycles. The van der Waals surface area contributed by atoms with Crippen molar-refractivity contribution >= 4 is 38.8 Å². The molecule has 0 saturated carbocycles. The highest BCUT2D eigenvalue weighted by Crippen LogP contribution is 2.39. The van der Waals surface area contributed by atoms with Crippen LogP contribution in [0, 0.1) is 34.0 Å². The minimum atomic E-state index is 0.561. The molecule has 8 aromatic rings. The zero-order valence-electron chi connectivity index (χ0n) is 26.9. The summed E-state index contributed by atoms with van der Waals surface area (Å²) in [5, 5.41) is 33.1. The third kappa shape index (κ3) is 4.37. The van der Waals surface area contributed by atoms with Crippen LogP contribution >= 0.6 is 0 Å². The summed E-state index contributed by atoms with van der Waals surface area (Å²) < 4.78 is 4.45. The summed E-state index contributed by atoms with van der Waals surface area (Å²) in [5.74, 6) is 0. The van der Waals surface area contributed by atoms with Gasteiger partial charge in [-0.2, -0.15) is 15.8 Å². The second-order valence-electron chi connectivity index (χ2n) is 12.6. The number of fused-ring (bicyclic) bond motifs is 6. The van der Waals surface area contributed by atoms with Gasteiger partial charge in [-0.05, 0) is 78.1 Å². The molecule has 2 aromatic heterocycles. The minimum Gasteiger partial charge on any atom is -0.312 e. The average Bonchev–Trinajstić information content (AvgIpc) is 3.70. The van der Waals surface area contributed by atoms with Crippen molar-refractivity contribution in [3.8, 4) is 51.8 Å². The minimum absolute atomic E-state index is 0.561. The van der Waals surface area contributed by atoms with Crippen LogP contribution in [0.4, 0.5) is 0 Å². The molecule has 5 heteroatoms. The Morgan fingerprint density at radius 1 is 0.540 bits per heavy atom. The van der Waals surface area contributed by atoms with Gasteiger partial charge in [0.2, 0.25) is 0 Å². The lowest BCUT2D eigenvalue weighted by molar-refractivity contribution is 0.889. The van der Waals surface area contributed by atoms with Gasteiger partial charge in [0.1, 0.15) is 6.07 Å². The number of nitriles is 3. The zero-order chi connectivity index (χ0) is 33.8. The van der Waals surface area contributed by atoms with E-state index in [4.69, 9.17) is 0 Å². The van der Waals surface area contributed by atoms with Crippen molar-refractivity contribution in [2.45, 2.75) is 12.8 Å². The van der Waals surface area contributed by atoms with E-state index in [2.05, 4.69) is 106 Å². The summed E-state index contributed by atoms with van der Waals surface area (Å²) >= 11 is 0. The Bertz CT molecular complexity index is 2840. The quantitative estimate of drug-likeness (QED) is 0.193. The average molecular weight is 638 g/mol. The molecule has 0 bridgehead atoms. The highest BCUT2D eigenvalue weighted by molar-refractivity contribution is 6.11. The SMILES string of the molecule is N#Cc1ccc2c(c1)c1c(n2-c2ccccc2-c2ccc(-c3ccc(-n4c5ccccc5c5cccc(C#N)c54)cc3C#N)cc2)CCC=C1. The molecule has 0 fully saturated rings. The van der Waals surface area contributed by atoms with E-state index >= 15 is 0 Å². The van der Waals surface area contributed by atoms with Gasteiger partial charge in [0.25, 0.3) is 0 Å². The highest BCUT2D eigenvalue weighted by Gasteiger charge is 2.21. The number of benzene rings is 6. The van der Waals surface area contributed by atoms with E-state index in [1.54, 1.807) is 0 Å². The van der Waals surface area contributed by atoms with E-state index in [-0.39, 0.29) is 0 Å². The summed E-state index contributed by atoms with van der Waals surface area (Å²) in [6.45, 7) is 0. The molecule has 6 aromatic carbocycles. The second-order valence-corrected chi connectivity index (χ2v) is 12.6. The summed E-state index contributed by atoms with van der Waals surface area (Å²) in [7, 11) is 0. The van der Waals surface area contributed by atoms with E-state index in [0.717, 1.165) is 79.2 Å². The van der Waals surface area contributed by atoms with Crippen LogP contribution in [0.25, 0.3) is 72.4 Å². The number of para-hydroxylation sites is 3. The van der Waals surface area contributed by atoms with E-state index in [1.165, 1.54) is 11.3 Å². The maximum Gasteiger partial charge on any atom is 0.101 e. The third-order valence-corrected chi connectivity index (χ3v) is 9.92. The van der Waals surface area contributed by atoms with Crippen molar-refractivity contribution < 1.29 is 0 Å². The zero-order valence-corrected chi connectivity index (χ0v) is 26.9. The number of aromatic nitrogens is 2. The summed E-state index contributed by atoms with van der Waals surface area (Å²) in [5.41, 5.74) is 13.1. The van der Waals surface area contributed by atoms with Crippen LogP contribution in [0.15, 0.2) is 133 Å². The van der Waals surface area contributed by atoms with Gasteiger partial charge in [0.15, 0.2) is 0 Å². The first-order chi connectivity index (χ1) is 24.7. The third-order valence-electron chi connectivity index (χ3n) is 9.92. The molecule has 232 valence electrons. The first kappa shape index (κ1) is 29.0. The van der Waals surface area contributed by atoms with E-state index in [0.29, 0.717) is 16.7 Å². The topological polar surface area (TPSA) is 81.2 Å². The molecule has 1 aliphatic carbocycles. The fourth-order valence-corrected chi connectivity index (χ4v) is 7.70. The molecule has 0 radical (unpaired) electrons. The fourth-order valence-electron chi connectivity index (χ4n) is 7.70. The van der Waals surface area contributed by atoms with Crippen LogP contribution in [0.1, 0.15) is 34.4 Å². The first-order valence-corrected chi connectivity index (χ1v) is 16.6. The Kier molecular flexibility index (Phi) is 6.70. The van der Waals surface area contributed by atoms with Crippen LogP contribution in [0.3, 0.4) is 0 Å². The lowest BCUT2D eigenvalue weighted by Gasteiger charge is -2.17. The lowest BCUT2D eigenvalue weighted by atomic mass is 9.96. The summed E-state index contributed by atoms with van der Waals surface area (Å²) in [4.78, 5) is 0. The predicted octanol–water partition coefficient (Wildman–Crippen LogP) is 10.6. The van der Waals surface area contributed by atoms with Crippen molar-refractivity contribution in [3.05, 3.63) is 161 Å². The number of hydrogen-bond donors (Lipinski definition) is 0. The van der Waals surface area contributed by atoms with Gasteiger partial charge >= 0.3 is 0 Å². The fraction of sp³-hybridized carbons (Fsp3) is 0.0444. The molecule has 5 nitrogen and oxygen atoms in total. The number of hydrogen-bond acceptors (Lipinski definition) is 3. The molecule has 0 unspecified atom stereocenters. The number of rotatable bonds is 4. The van der Waals surface area contributed by atoms with Crippen LogP contribution in [-0.4, -0.2) is 9.13 Å². The highest BCUT2D eigenvalue weighted by atomic mass is 15.0. The van der Waals surface area contributed by atoms with E-state index < -0.39 is 0 Å². The van der Waals surface area contributed by atoms with Gasteiger partial charge in [0.05, 0.1) is 51.1 Å². The van der Waals surface area contributed by atoms with Crippen molar-refractivity contribution in [3.63, 3.8) is 0 Å². The van der Waals surface area contributed by atoms with Crippen molar-refractivity contribution in [1.82, 2.24) is 9.13 Å². The molecule has 50 heavy (non-hydrogen) atoms. The monoisotopic (exact) mass is 637 g/mol. The van der Waals surface area contributed by atoms with Crippen molar-refractivity contribution in [2.24, 2.45) is 0 Å². The Hall–Kier alpha value is -7.13. The van der Waals surface area contributed by atoms with Gasteiger partial charge in [-0.25, -0.2) is 0 Å². The standard InChI is InChI=1S/C45H27N5/c46-26-29-16-23-44-40(24-29)38-11-3-6-15-43(38)50(44)41-13-4-1-9-36(41)31-19-17-30(18-20-31)35-22-21-34(25-33(35)28-48)49-42-14-5-2-10-37(42)39-12-7-8-32(27-47)45(39)49/h1-5,7-14,16-25H,6,15H2. The maximum absolute atomic E-state index is 10.4. The number of nitrogens with zero attached hydrogens (tertiary/aromatic N) is 5. The molecule has 2 heterocycles. The molecular weight excluding hydrogens is 611 g/mol. The molecular formula is C45H27N5. The van der Waals surface area contributed by atoms with Gasteiger partial charge in [-0.15, -0.1) is 0 Å². The van der Waals surface area contributed by atoms with Crippen LogP contribution in [0.5, 0.6) is 0 Å². The molecule has 0 aliphatic heterocycles. The van der Waals surface area contributed by atoms with E-state index in [1.807, 2.05) is 60.7 Å². The van der Waals surface area contributed by atoms with Crippen molar-refractivity contribution in [2.75, 3.05) is 0 Å². The molecule has 0 amide bonds. The predicted molar refractivity (Wildman–Crippen MR) is 200 cm³/mol. The van der Waals surface area contributed by atoms with Gasteiger partial charge in [0, 0.05) is 38.7 Å². The van der Waals surface area contributed by atoms with Crippen LogP contribution in [-0.2, 0) is 6.42 Å². The van der Waals surface area contributed by atoms with Crippen LogP contribution < -0.4 is 0 Å². The van der Waals surface area contributed by atoms with E-state index in [9.17, 15) is 15.8 Å². The Balaban J connectivity index is 1.14. The lowest BCUT2D eigenvalue weighted by Crippen LogP contribution is -2.04. The summed E-state index contributed by atoms with van der Waals surface area (Å²) in [6, 6.07) is 49.8. The Labute approximate surface area is 289 Å². The van der Waals surface area contributed by atoms with Gasteiger partial charge < -0.3 is 9.13 Å². The first-order valence-electron chi connectivity index (χ1n) is 16.6. The molecule has 9 rings (SSSR count). The Morgan fingerprint density at radius 2 is 1.28 bits per heavy atom.